The van der Waals surface area contributed by atoms with Gasteiger partial charge >= 0.3 is 18.0 Å². The molecule has 1 fully saturated rings. The van der Waals surface area contributed by atoms with Gasteiger partial charge in [-0.3, -0.25) is 9.59 Å². The minimum Gasteiger partial charge on any atom is -0.481 e. The van der Waals surface area contributed by atoms with Gasteiger partial charge in [0.1, 0.15) is 6.54 Å². The maximum atomic E-state index is 12.1. The second-order valence-electron chi connectivity index (χ2n) is 5.54. The van der Waals surface area contributed by atoms with Crippen molar-refractivity contribution in [3.63, 3.8) is 0 Å². The molecule has 0 aliphatic heterocycles. The number of carboxylic acid groups (broad SMARTS) is 1. The lowest BCUT2D eigenvalue weighted by molar-refractivity contribution is -0.144. The van der Waals surface area contributed by atoms with E-state index in [1.165, 1.54) is 4.90 Å². The van der Waals surface area contributed by atoms with E-state index >= 15 is 0 Å². The van der Waals surface area contributed by atoms with Crippen LogP contribution in [0.2, 0.25) is 0 Å². The van der Waals surface area contributed by atoms with Crippen molar-refractivity contribution in [3.8, 4) is 0 Å². The third-order valence-electron chi connectivity index (χ3n) is 3.45. The Balaban J connectivity index is 2.53. The number of aliphatic carboxylic acids is 1. The van der Waals surface area contributed by atoms with Crippen molar-refractivity contribution in [3.05, 3.63) is 0 Å². The first-order valence-corrected chi connectivity index (χ1v) is 7.29. The Hall–Kier alpha value is -1.79. The minimum atomic E-state index is -0.936. The molecule has 1 saturated carbocycles. The fraction of sp³-hybridized carbons (Fsp3) is 0.786. The molecule has 0 aromatic rings. The zero-order valence-electron chi connectivity index (χ0n) is 12.8. The van der Waals surface area contributed by atoms with Gasteiger partial charge in [0.25, 0.3) is 0 Å². The van der Waals surface area contributed by atoms with Gasteiger partial charge in [0, 0.05) is 12.6 Å². The molecule has 0 spiro atoms. The van der Waals surface area contributed by atoms with E-state index in [1.807, 2.05) is 0 Å². The molecular formula is C14H24N2O5. The van der Waals surface area contributed by atoms with Gasteiger partial charge in [0.15, 0.2) is 0 Å². The number of urea groups is 1. The van der Waals surface area contributed by atoms with Crippen molar-refractivity contribution in [1.29, 1.82) is 0 Å². The molecule has 2 N–H and O–H groups in total. The third-order valence-corrected chi connectivity index (χ3v) is 3.45. The number of nitrogens with one attached hydrogen (secondary N) is 1. The van der Waals surface area contributed by atoms with Crippen LogP contribution in [0.15, 0.2) is 0 Å². The summed E-state index contributed by atoms with van der Waals surface area (Å²) in [7, 11) is 0. The van der Waals surface area contributed by atoms with Crippen LogP contribution < -0.4 is 5.32 Å². The normalized spacial score (nSPS) is 15.4. The van der Waals surface area contributed by atoms with Crippen molar-refractivity contribution in [1.82, 2.24) is 10.2 Å². The van der Waals surface area contributed by atoms with Gasteiger partial charge in [-0.25, -0.2) is 4.79 Å². The van der Waals surface area contributed by atoms with E-state index in [-0.39, 0.29) is 31.7 Å². The summed E-state index contributed by atoms with van der Waals surface area (Å²) < 4.78 is 4.85. The number of carboxylic acids is 1. The van der Waals surface area contributed by atoms with Crippen molar-refractivity contribution < 1.29 is 24.2 Å². The Labute approximate surface area is 124 Å². The highest BCUT2D eigenvalue weighted by Crippen LogP contribution is 2.26. The number of rotatable bonds is 8. The van der Waals surface area contributed by atoms with Crippen LogP contribution in [0.25, 0.3) is 0 Å². The fourth-order valence-electron chi connectivity index (χ4n) is 2.01. The highest BCUT2D eigenvalue weighted by atomic mass is 16.5. The lowest BCUT2D eigenvalue weighted by Crippen LogP contribution is -2.47. The second-order valence-corrected chi connectivity index (χ2v) is 5.54. The molecule has 2 amide bonds. The monoisotopic (exact) mass is 300 g/mol. The molecule has 0 aromatic heterocycles. The molecule has 120 valence electrons. The molecular weight excluding hydrogens is 276 g/mol. The van der Waals surface area contributed by atoms with Crippen LogP contribution in [0.3, 0.4) is 0 Å². The average molecular weight is 300 g/mol. The van der Waals surface area contributed by atoms with Crippen LogP contribution in [-0.2, 0) is 14.3 Å². The van der Waals surface area contributed by atoms with Gasteiger partial charge in [-0.1, -0.05) is 13.8 Å². The number of ether oxygens (including phenoxy) is 1. The average Bonchev–Trinajstić information content (AvgIpc) is 3.19. The summed E-state index contributed by atoms with van der Waals surface area (Å²) in [6.45, 7) is 5.53. The van der Waals surface area contributed by atoms with Gasteiger partial charge in [-0.2, -0.15) is 0 Å². The van der Waals surface area contributed by atoms with E-state index in [1.54, 1.807) is 20.8 Å². The predicted octanol–water partition coefficient (Wildman–Crippen LogP) is 1.08. The highest BCUT2D eigenvalue weighted by molar-refractivity contribution is 5.82. The van der Waals surface area contributed by atoms with E-state index in [0.29, 0.717) is 0 Å². The fourth-order valence-corrected chi connectivity index (χ4v) is 2.01. The van der Waals surface area contributed by atoms with Crippen molar-refractivity contribution in [2.45, 2.75) is 39.7 Å². The first-order chi connectivity index (χ1) is 9.86. The molecule has 0 bridgehead atoms. The molecule has 7 heteroatoms. The van der Waals surface area contributed by atoms with E-state index in [9.17, 15) is 14.4 Å². The Morgan fingerprint density at radius 3 is 2.38 bits per heavy atom. The second kappa shape index (κ2) is 7.85. The predicted molar refractivity (Wildman–Crippen MR) is 75.7 cm³/mol. The van der Waals surface area contributed by atoms with E-state index in [2.05, 4.69) is 5.32 Å². The number of hydrogen-bond acceptors (Lipinski definition) is 4. The lowest BCUT2D eigenvalue weighted by atomic mass is 9.96. The Kier molecular flexibility index (Phi) is 6.45. The Bertz CT molecular complexity index is 393. The molecule has 0 aromatic carbocycles. The summed E-state index contributed by atoms with van der Waals surface area (Å²) >= 11 is 0. The smallest absolute Gasteiger partial charge is 0.325 e. The van der Waals surface area contributed by atoms with Crippen LogP contribution >= 0.6 is 0 Å². The summed E-state index contributed by atoms with van der Waals surface area (Å²) in [5, 5.41) is 11.7. The number of amides is 2. The summed E-state index contributed by atoms with van der Waals surface area (Å²) in [5.41, 5.74) is 0. The quantitative estimate of drug-likeness (QED) is 0.654. The third kappa shape index (κ3) is 5.61. The molecule has 0 saturated heterocycles. The van der Waals surface area contributed by atoms with E-state index < -0.39 is 23.9 Å². The number of carbonyl (C=O) groups is 3. The lowest BCUT2D eigenvalue weighted by Gasteiger charge is -2.23. The van der Waals surface area contributed by atoms with Crippen LogP contribution in [0.5, 0.6) is 0 Å². The van der Waals surface area contributed by atoms with Crippen LogP contribution in [0.1, 0.15) is 33.6 Å². The standard InChI is InChI=1S/C14H24N2O5/c1-4-21-12(17)8-16(10-5-6-10)14(20)15-7-11(9(2)3)13(18)19/h9-11H,4-8H2,1-3H3,(H,15,20)(H,18,19). The van der Waals surface area contributed by atoms with Crippen LogP contribution in [0.4, 0.5) is 4.79 Å². The number of esters is 1. The Morgan fingerprint density at radius 2 is 1.95 bits per heavy atom. The number of nitrogens with zero attached hydrogens (tertiary/aromatic N) is 1. The maximum absolute atomic E-state index is 12.1. The summed E-state index contributed by atoms with van der Waals surface area (Å²) in [6.07, 6.45) is 1.72. The molecule has 1 atom stereocenters. The molecule has 1 rings (SSSR count). The van der Waals surface area contributed by atoms with Crippen LogP contribution in [0, 0.1) is 11.8 Å². The molecule has 0 radical (unpaired) electrons. The molecule has 21 heavy (non-hydrogen) atoms. The van der Waals surface area contributed by atoms with Crippen molar-refractivity contribution in [2.75, 3.05) is 19.7 Å². The molecule has 0 heterocycles. The molecule has 1 aliphatic carbocycles. The molecule has 7 nitrogen and oxygen atoms in total. The van der Waals surface area contributed by atoms with Crippen LogP contribution in [-0.4, -0.2) is 53.7 Å². The zero-order chi connectivity index (χ0) is 16.0. The Morgan fingerprint density at radius 1 is 1.33 bits per heavy atom. The number of hydrogen-bond donors (Lipinski definition) is 2. The summed E-state index contributed by atoms with van der Waals surface area (Å²) in [5.74, 6) is -2.10. The minimum absolute atomic E-state index is 0.0525. The van der Waals surface area contributed by atoms with E-state index in [4.69, 9.17) is 9.84 Å². The van der Waals surface area contributed by atoms with E-state index in [0.717, 1.165) is 12.8 Å². The van der Waals surface area contributed by atoms with Crippen molar-refractivity contribution in [2.24, 2.45) is 11.8 Å². The first-order valence-electron chi connectivity index (χ1n) is 7.29. The van der Waals surface area contributed by atoms with Crippen molar-refractivity contribution >= 4 is 18.0 Å². The SMILES string of the molecule is CCOC(=O)CN(C(=O)NCC(C(=O)O)C(C)C)C1CC1. The van der Waals surface area contributed by atoms with Gasteiger partial charge in [-0.15, -0.1) is 0 Å². The van der Waals surface area contributed by atoms with Gasteiger partial charge in [0.05, 0.1) is 12.5 Å². The molecule has 1 unspecified atom stereocenters. The topological polar surface area (TPSA) is 95.9 Å². The van der Waals surface area contributed by atoms with Gasteiger partial charge < -0.3 is 20.1 Å². The largest absolute Gasteiger partial charge is 0.481 e. The van der Waals surface area contributed by atoms with Gasteiger partial charge in [0.2, 0.25) is 0 Å². The first kappa shape index (κ1) is 17.3. The summed E-state index contributed by atoms with van der Waals surface area (Å²) in [6, 6.07) is -0.353. The molecule has 1 aliphatic rings. The zero-order valence-corrected chi connectivity index (χ0v) is 12.8. The maximum Gasteiger partial charge on any atom is 0.325 e. The van der Waals surface area contributed by atoms with Gasteiger partial charge in [-0.05, 0) is 25.7 Å². The highest BCUT2D eigenvalue weighted by Gasteiger charge is 2.34. The number of carbonyl (C=O) groups excluding carboxylic acids is 2. The summed E-state index contributed by atoms with van der Waals surface area (Å²) in [4.78, 5) is 36.2.